The van der Waals surface area contributed by atoms with Crippen molar-refractivity contribution in [2.24, 2.45) is 0 Å². The van der Waals surface area contributed by atoms with E-state index in [2.05, 4.69) is 44.9 Å². The van der Waals surface area contributed by atoms with Gasteiger partial charge in [0.25, 0.3) is 0 Å². The van der Waals surface area contributed by atoms with Gasteiger partial charge in [-0.3, -0.25) is 59.0 Å². The van der Waals surface area contributed by atoms with Gasteiger partial charge in [0.15, 0.2) is 54.1 Å². The van der Waals surface area contributed by atoms with Crippen molar-refractivity contribution in [1.82, 2.24) is 67.7 Å². The van der Waals surface area contributed by atoms with Crippen LogP contribution in [0.3, 0.4) is 0 Å². The van der Waals surface area contributed by atoms with Crippen LogP contribution in [0.4, 0.5) is 29.1 Å². The van der Waals surface area contributed by atoms with E-state index in [9.17, 15) is 88.0 Å². The molecule has 12 rings (SSSR count). The summed E-state index contributed by atoms with van der Waals surface area (Å²) < 4.78 is 131. The molecule has 0 bridgehead atoms. The van der Waals surface area contributed by atoms with Crippen LogP contribution in [0.1, 0.15) is 31.1 Å². The van der Waals surface area contributed by atoms with Gasteiger partial charge in [-0.15, -0.1) is 0 Å². The first-order valence-corrected chi connectivity index (χ1v) is 35.2. The fraction of sp³-hybridized carbons (Fsp3) is 0.532. The van der Waals surface area contributed by atoms with Gasteiger partial charge >= 0.3 is 48.4 Å². The minimum absolute atomic E-state index is 0.0370. The monoisotopic (exact) mass is 1510 g/mol. The number of aromatic nitrogens is 14. The lowest BCUT2D eigenvalue weighted by Crippen LogP contribution is -2.39. The number of nitrogens with zero attached hydrogens (tertiary/aromatic N) is 14. The van der Waals surface area contributed by atoms with Crippen LogP contribution in [0, 0.1) is 0 Å². The Morgan fingerprint density at radius 1 is 0.396 bits per heavy atom. The number of anilines is 5. The van der Waals surface area contributed by atoms with Crippen molar-refractivity contribution in [2.45, 2.75) is 123 Å². The highest BCUT2D eigenvalue weighted by molar-refractivity contribution is 7.48. The van der Waals surface area contributed by atoms with Crippen LogP contribution in [0.15, 0.2) is 76.5 Å². The molecule has 0 aromatic carbocycles. The Morgan fingerprint density at radius 3 is 1.01 bits per heavy atom. The molecule has 5 aliphatic rings. The van der Waals surface area contributed by atoms with Crippen LogP contribution in [-0.2, 0) is 78.1 Å². The molecular weight excluding hydrogens is 1450 g/mol. The van der Waals surface area contributed by atoms with Crippen molar-refractivity contribution in [3.8, 4) is 0 Å². The predicted octanol–water partition coefficient (Wildman–Crippen LogP) is -7.00. The van der Waals surface area contributed by atoms with Crippen LogP contribution in [0.5, 0.6) is 0 Å². The maximum absolute atomic E-state index is 14.2. The number of aliphatic hydroxyl groups excluding tert-OH is 7. The SMILES string of the molecule is Nc1ccn([C@@H]2O[C@H](COP(=O)(O)O[C@H]3[C@@H](O)[C@H](n4cnc5c(N)ncnc54)O[C@@H]3COP(=O)(O)O[C@H]3[C@@H](O)[C@H](n4ccc(N)nc4=O)O[C@@H]3COP(=O)(O)O[C@H]3[C@@H](O)[C@H](n4ccc(N)nc4=O)O[C@@H]3COP(=O)(O)O[C@H]3[C@@H](O)[C@H](n4cnc5c(N)ncnc54)O[C@@H]3CO)[C@@H](O)[C@H]2O)c(=O)n1. The third kappa shape index (κ3) is 15.2. The minimum atomic E-state index is -5.85. The molecule has 550 valence electrons. The first-order chi connectivity index (χ1) is 47.7. The summed E-state index contributed by atoms with van der Waals surface area (Å²) in [6.07, 6.45) is -31.8. The number of phosphoric ester groups is 4. The van der Waals surface area contributed by atoms with Crippen LogP contribution >= 0.6 is 31.3 Å². The highest BCUT2D eigenvalue weighted by atomic mass is 31.2. The van der Waals surface area contributed by atoms with Gasteiger partial charge in [-0.1, -0.05) is 0 Å². The van der Waals surface area contributed by atoms with Crippen molar-refractivity contribution in [1.29, 1.82) is 0 Å². The topological polar surface area (TPSA) is 733 Å². The summed E-state index contributed by atoms with van der Waals surface area (Å²) in [6, 6.07) is 3.31. The van der Waals surface area contributed by atoms with Crippen LogP contribution in [0.25, 0.3) is 22.3 Å². The molecule has 0 spiro atoms. The number of ether oxygens (including phenoxy) is 5. The Labute approximate surface area is 560 Å². The number of phosphoric acid groups is 4. The number of hydrogen-bond donors (Lipinski definition) is 16. The van der Waals surface area contributed by atoms with Gasteiger partial charge in [-0.25, -0.2) is 62.5 Å². The van der Waals surface area contributed by atoms with E-state index in [1.54, 1.807) is 0 Å². The van der Waals surface area contributed by atoms with Gasteiger partial charge in [-0.05, 0) is 18.2 Å². The molecule has 7 aromatic heterocycles. The molecule has 50 nitrogen and oxygen atoms in total. The molecular formula is C47H61N19O31P4. The average Bonchev–Trinajstić information content (AvgIpc) is 1.72. The molecule has 5 aliphatic heterocycles. The fourth-order valence-electron chi connectivity index (χ4n) is 11.3. The van der Waals surface area contributed by atoms with E-state index in [0.29, 0.717) is 9.13 Å². The van der Waals surface area contributed by atoms with Gasteiger partial charge in [0.05, 0.1) is 45.7 Å². The zero-order chi connectivity index (χ0) is 72.5. The molecule has 12 heterocycles. The van der Waals surface area contributed by atoms with Crippen LogP contribution in [-0.4, -0.2) is 248 Å². The van der Waals surface area contributed by atoms with E-state index in [4.69, 9.17) is 88.5 Å². The first-order valence-electron chi connectivity index (χ1n) is 29.2. The summed E-state index contributed by atoms with van der Waals surface area (Å²) in [4.78, 5) is 118. The fourth-order valence-corrected chi connectivity index (χ4v) is 15.2. The highest BCUT2D eigenvalue weighted by Gasteiger charge is 2.56. The maximum atomic E-state index is 14.2. The Kier molecular flexibility index (Phi) is 20.9. The summed E-state index contributed by atoms with van der Waals surface area (Å²) in [5.74, 6) is -1.05. The lowest BCUT2D eigenvalue weighted by Gasteiger charge is -2.27. The standard InChI is InChI=1S/C47H61N19O31P4/c48-21-1-4-62(45(74)59-21)40-27(69)26(68)17(90-40)8-85-98(77,78)97-35-20(93-44(31(35)73)66-15-58-25-37(52)54-13-56-39(25)66)11-88-101(83,84)96-34-19(92-42(30(34)72)64-6-3-23(50)61-47(64)76)10-87-100(81,82)95-33-18(91-41(29(33)71)63-5-2-22(49)60-46(63)75)9-86-99(79,80)94-32-16(7-67)89-43(28(32)70)65-14-57-24-36(51)53-12-55-38(24)65/h1-6,12-20,26-35,40-44,67-73H,7-11H2,(H,77,78)(H,79,80)(H,81,82)(H,83,84)(H2,48,59,74)(H2,49,60,75)(H2,50,61,76)(H2,51,53,55)(H2,52,54,56)/t16-,17-,18-,19-,20-,26-,27-,28-,29-,30-,31-,32-,33-,34-,35-,40-,41-,42-,43-,44-/m1/s1. The van der Waals surface area contributed by atoms with E-state index in [-0.39, 0.29) is 51.4 Å². The minimum Gasteiger partial charge on any atom is -0.394 e. The molecule has 0 radical (unpaired) electrons. The molecule has 0 aliphatic carbocycles. The summed E-state index contributed by atoms with van der Waals surface area (Å²) in [6.45, 7) is -5.91. The second-order valence-electron chi connectivity index (χ2n) is 22.6. The molecule has 4 unspecified atom stereocenters. The molecule has 101 heavy (non-hydrogen) atoms. The molecule has 54 heteroatoms. The van der Waals surface area contributed by atoms with Gasteiger partial charge in [-0.2, -0.15) is 15.0 Å². The zero-order valence-electron chi connectivity index (χ0n) is 50.9. The molecule has 24 atom stereocenters. The van der Waals surface area contributed by atoms with Crippen molar-refractivity contribution >= 4 is 82.7 Å². The third-order valence-corrected chi connectivity index (χ3v) is 20.0. The number of aliphatic hydroxyl groups is 7. The van der Waals surface area contributed by atoms with Crippen molar-refractivity contribution in [3.05, 3.63) is 93.6 Å². The lowest BCUT2D eigenvalue weighted by molar-refractivity contribution is -0.0658. The van der Waals surface area contributed by atoms with Gasteiger partial charge in [0.1, 0.15) is 133 Å². The van der Waals surface area contributed by atoms with Crippen LogP contribution in [0.2, 0.25) is 0 Å². The number of rotatable bonds is 26. The van der Waals surface area contributed by atoms with Gasteiger partial charge < -0.3 is 108 Å². The van der Waals surface area contributed by atoms with Gasteiger partial charge in [0.2, 0.25) is 0 Å². The summed E-state index contributed by atoms with van der Waals surface area (Å²) in [7, 11) is -22.8. The quantitative estimate of drug-likeness (QED) is 0.0224. The Hall–Kier alpha value is -7.30. The molecule has 21 N–H and O–H groups in total. The smallest absolute Gasteiger partial charge is 0.394 e. The number of imidazole rings is 2. The summed E-state index contributed by atoms with van der Waals surface area (Å²) in [5.41, 5.74) is 25.3. The molecule has 7 aromatic rings. The molecule has 5 fully saturated rings. The first kappa shape index (κ1) is 73.5. The van der Waals surface area contributed by atoms with E-state index < -0.39 is 204 Å². The van der Waals surface area contributed by atoms with E-state index in [1.807, 2.05) is 0 Å². The second kappa shape index (κ2) is 28.7. The number of nitrogen functional groups attached to an aromatic ring is 5. The lowest BCUT2D eigenvalue weighted by atomic mass is 10.1. The average molecular weight is 1510 g/mol. The van der Waals surface area contributed by atoms with Crippen molar-refractivity contribution < 1.29 is 133 Å². The number of hydrogen-bond acceptors (Lipinski definition) is 41. The van der Waals surface area contributed by atoms with E-state index >= 15 is 0 Å². The normalized spacial score (nSPS) is 33.0. The molecule has 5 saturated heterocycles. The van der Waals surface area contributed by atoms with E-state index in [0.717, 1.165) is 65.2 Å². The second-order valence-corrected chi connectivity index (χ2v) is 28.2. The van der Waals surface area contributed by atoms with Crippen molar-refractivity contribution in [3.63, 3.8) is 0 Å². The van der Waals surface area contributed by atoms with Gasteiger partial charge in [0, 0.05) is 18.6 Å². The van der Waals surface area contributed by atoms with E-state index in [1.165, 1.54) is 10.6 Å². The Morgan fingerprint density at radius 2 is 0.683 bits per heavy atom. The zero-order valence-corrected chi connectivity index (χ0v) is 54.5. The molecule has 0 amide bonds. The summed E-state index contributed by atoms with van der Waals surface area (Å²) >= 11 is 0. The van der Waals surface area contributed by atoms with Crippen molar-refractivity contribution in [2.75, 3.05) is 61.7 Å². The Bertz CT molecular complexity index is 4600. The van der Waals surface area contributed by atoms with Crippen LogP contribution < -0.4 is 45.7 Å². The summed E-state index contributed by atoms with van der Waals surface area (Å²) in [5, 5.41) is 78.3. The largest absolute Gasteiger partial charge is 0.472 e. The highest BCUT2D eigenvalue weighted by Crippen LogP contribution is 2.55. The number of nitrogens with two attached hydrogens (primary N) is 5. The Balaban J connectivity index is 0.753. The number of fused-ring (bicyclic) bond motifs is 2. The predicted molar refractivity (Wildman–Crippen MR) is 323 cm³/mol. The molecule has 0 saturated carbocycles. The maximum Gasteiger partial charge on any atom is 0.472 e. The third-order valence-electron chi connectivity index (χ3n) is 16.1.